The molecule has 72 valence electrons. The first-order valence-electron chi connectivity index (χ1n) is 4.24. The van der Waals surface area contributed by atoms with Gasteiger partial charge >= 0.3 is 0 Å². The van der Waals surface area contributed by atoms with Crippen LogP contribution in [0.3, 0.4) is 0 Å². The highest BCUT2D eigenvalue weighted by atomic mass is 79.9. The minimum Gasteiger partial charge on any atom is -0.317 e. The fourth-order valence-corrected chi connectivity index (χ4v) is 1.87. The van der Waals surface area contributed by atoms with Gasteiger partial charge in [-0.05, 0) is 38.1 Å². The van der Waals surface area contributed by atoms with Crippen molar-refractivity contribution < 1.29 is 0 Å². The Balaban J connectivity index is 2.77. The first-order valence-corrected chi connectivity index (χ1v) is 5.41. The molecule has 0 aliphatic heterocycles. The summed E-state index contributed by atoms with van der Waals surface area (Å²) >= 11 is 9.45. The van der Waals surface area contributed by atoms with Crippen LogP contribution in [0.1, 0.15) is 12.5 Å². The molecule has 0 amide bonds. The number of hydrogen-bond donors (Lipinski definition) is 1. The summed E-state index contributed by atoms with van der Waals surface area (Å²) in [5, 5.41) is 4.01. The highest BCUT2D eigenvalue weighted by Crippen LogP contribution is 2.22. The molecule has 0 radical (unpaired) electrons. The third kappa shape index (κ3) is 3.29. The fraction of sp³-hybridized carbons (Fsp3) is 0.400. The number of likely N-dealkylation sites (N-methyl/N-ethyl adjacent to an activating group) is 1. The predicted octanol–water partition coefficient (Wildman–Crippen LogP) is 3.25. The smallest absolute Gasteiger partial charge is 0.0449 e. The zero-order valence-corrected chi connectivity index (χ0v) is 10.1. The van der Waals surface area contributed by atoms with Gasteiger partial charge in [0, 0.05) is 15.5 Å². The molecule has 0 fully saturated rings. The Labute approximate surface area is 92.6 Å². The predicted molar refractivity (Wildman–Crippen MR) is 61.4 cm³/mol. The molecule has 0 heterocycles. The summed E-state index contributed by atoms with van der Waals surface area (Å²) < 4.78 is 1.03. The van der Waals surface area contributed by atoms with E-state index < -0.39 is 0 Å². The molecule has 1 rings (SSSR count). The van der Waals surface area contributed by atoms with Crippen LogP contribution in [0, 0.1) is 0 Å². The Morgan fingerprint density at radius 2 is 2.23 bits per heavy atom. The Hall–Kier alpha value is -0.0500. The second kappa shape index (κ2) is 4.99. The standard InChI is InChI=1S/C10H13BrClN/c1-7(13-2)5-8-3-4-9(11)6-10(8)12/h3-4,6-7,13H,5H2,1-2H3. The van der Waals surface area contributed by atoms with Crippen molar-refractivity contribution in [2.24, 2.45) is 0 Å². The Bertz CT molecular complexity index is 288. The second-order valence-corrected chi connectivity index (χ2v) is 4.45. The number of halogens is 2. The maximum atomic E-state index is 6.07. The average Bonchev–Trinajstić information content (AvgIpc) is 2.09. The maximum absolute atomic E-state index is 6.07. The molecule has 0 saturated carbocycles. The summed E-state index contributed by atoms with van der Waals surface area (Å²) in [5.74, 6) is 0. The first-order chi connectivity index (χ1) is 6.13. The maximum Gasteiger partial charge on any atom is 0.0449 e. The first kappa shape index (κ1) is 11.0. The SMILES string of the molecule is CNC(C)Cc1ccc(Br)cc1Cl. The highest BCUT2D eigenvalue weighted by molar-refractivity contribution is 9.10. The topological polar surface area (TPSA) is 12.0 Å². The van der Waals surface area contributed by atoms with Gasteiger partial charge in [-0.3, -0.25) is 0 Å². The lowest BCUT2D eigenvalue weighted by Gasteiger charge is -2.11. The van der Waals surface area contributed by atoms with E-state index >= 15 is 0 Å². The Morgan fingerprint density at radius 1 is 1.54 bits per heavy atom. The molecule has 1 aromatic rings. The minimum atomic E-state index is 0.457. The third-order valence-corrected chi connectivity index (χ3v) is 2.88. The third-order valence-electron chi connectivity index (χ3n) is 2.03. The zero-order chi connectivity index (χ0) is 9.84. The van der Waals surface area contributed by atoms with Gasteiger partial charge in [0.2, 0.25) is 0 Å². The molecule has 0 saturated heterocycles. The molecular weight excluding hydrogens is 249 g/mol. The molecule has 0 bridgehead atoms. The van der Waals surface area contributed by atoms with Gasteiger partial charge in [0.05, 0.1) is 0 Å². The molecule has 0 aromatic heterocycles. The van der Waals surface area contributed by atoms with Crippen molar-refractivity contribution in [2.45, 2.75) is 19.4 Å². The number of benzene rings is 1. The highest BCUT2D eigenvalue weighted by Gasteiger charge is 2.04. The van der Waals surface area contributed by atoms with E-state index in [1.54, 1.807) is 0 Å². The van der Waals surface area contributed by atoms with Crippen molar-refractivity contribution in [1.82, 2.24) is 5.32 Å². The largest absolute Gasteiger partial charge is 0.317 e. The Kier molecular flexibility index (Phi) is 4.23. The molecule has 0 aliphatic carbocycles. The van der Waals surface area contributed by atoms with E-state index in [9.17, 15) is 0 Å². The van der Waals surface area contributed by atoms with Crippen LogP contribution in [-0.2, 0) is 6.42 Å². The van der Waals surface area contributed by atoms with E-state index in [-0.39, 0.29) is 0 Å². The van der Waals surface area contributed by atoms with Crippen molar-refractivity contribution in [3.63, 3.8) is 0 Å². The Morgan fingerprint density at radius 3 is 2.77 bits per heavy atom. The van der Waals surface area contributed by atoms with Crippen molar-refractivity contribution in [1.29, 1.82) is 0 Å². The van der Waals surface area contributed by atoms with Crippen LogP contribution >= 0.6 is 27.5 Å². The van der Waals surface area contributed by atoms with E-state index in [2.05, 4.69) is 34.2 Å². The minimum absolute atomic E-state index is 0.457. The zero-order valence-electron chi connectivity index (χ0n) is 7.77. The lowest BCUT2D eigenvalue weighted by molar-refractivity contribution is 0.608. The van der Waals surface area contributed by atoms with Crippen LogP contribution in [-0.4, -0.2) is 13.1 Å². The normalized spacial score (nSPS) is 12.9. The fourth-order valence-electron chi connectivity index (χ4n) is 1.12. The van der Waals surface area contributed by atoms with Crippen molar-refractivity contribution >= 4 is 27.5 Å². The average molecular weight is 263 g/mol. The van der Waals surface area contributed by atoms with Crippen LogP contribution in [0.5, 0.6) is 0 Å². The molecule has 3 heteroatoms. The molecule has 1 atom stereocenters. The van der Waals surface area contributed by atoms with E-state index in [4.69, 9.17) is 11.6 Å². The van der Waals surface area contributed by atoms with Gasteiger partial charge in [0.15, 0.2) is 0 Å². The quantitative estimate of drug-likeness (QED) is 0.882. The summed E-state index contributed by atoms with van der Waals surface area (Å²) in [6.45, 7) is 2.14. The van der Waals surface area contributed by atoms with Crippen molar-refractivity contribution in [3.05, 3.63) is 33.3 Å². The lowest BCUT2D eigenvalue weighted by Crippen LogP contribution is -2.23. The molecular formula is C10H13BrClN. The van der Waals surface area contributed by atoms with Crippen LogP contribution in [0.2, 0.25) is 5.02 Å². The molecule has 1 aromatic carbocycles. The van der Waals surface area contributed by atoms with Gasteiger partial charge in [-0.1, -0.05) is 33.6 Å². The van der Waals surface area contributed by atoms with Crippen LogP contribution in [0.4, 0.5) is 0 Å². The van der Waals surface area contributed by atoms with E-state index in [1.165, 1.54) is 5.56 Å². The lowest BCUT2D eigenvalue weighted by atomic mass is 10.1. The van der Waals surface area contributed by atoms with Crippen LogP contribution in [0.15, 0.2) is 22.7 Å². The van der Waals surface area contributed by atoms with Gasteiger partial charge in [0.25, 0.3) is 0 Å². The number of nitrogens with one attached hydrogen (secondary N) is 1. The summed E-state index contributed by atoms with van der Waals surface area (Å²) in [6, 6.07) is 6.46. The van der Waals surface area contributed by atoms with Crippen LogP contribution < -0.4 is 5.32 Å². The molecule has 0 aliphatic rings. The summed E-state index contributed by atoms with van der Waals surface area (Å²) in [5.41, 5.74) is 1.19. The van der Waals surface area contributed by atoms with Crippen molar-refractivity contribution in [2.75, 3.05) is 7.05 Å². The second-order valence-electron chi connectivity index (χ2n) is 3.13. The number of rotatable bonds is 3. The number of hydrogen-bond acceptors (Lipinski definition) is 1. The van der Waals surface area contributed by atoms with Gasteiger partial charge < -0.3 is 5.32 Å². The molecule has 1 N–H and O–H groups in total. The molecule has 0 spiro atoms. The van der Waals surface area contributed by atoms with Crippen LogP contribution in [0.25, 0.3) is 0 Å². The van der Waals surface area contributed by atoms with Crippen molar-refractivity contribution in [3.8, 4) is 0 Å². The molecule has 1 nitrogen and oxygen atoms in total. The van der Waals surface area contributed by atoms with E-state index in [1.807, 2.05) is 19.2 Å². The monoisotopic (exact) mass is 261 g/mol. The van der Waals surface area contributed by atoms with Gasteiger partial charge in [0.1, 0.15) is 0 Å². The van der Waals surface area contributed by atoms with E-state index in [0.717, 1.165) is 15.9 Å². The van der Waals surface area contributed by atoms with Gasteiger partial charge in [-0.2, -0.15) is 0 Å². The summed E-state index contributed by atoms with van der Waals surface area (Å²) in [6.07, 6.45) is 0.961. The van der Waals surface area contributed by atoms with Gasteiger partial charge in [-0.15, -0.1) is 0 Å². The molecule has 13 heavy (non-hydrogen) atoms. The molecule has 1 unspecified atom stereocenters. The summed E-state index contributed by atoms with van der Waals surface area (Å²) in [7, 11) is 1.96. The summed E-state index contributed by atoms with van der Waals surface area (Å²) in [4.78, 5) is 0. The van der Waals surface area contributed by atoms with Gasteiger partial charge in [-0.25, -0.2) is 0 Å². The van der Waals surface area contributed by atoms with E-state index in [0.29, 0.717) is 6.04 Å².